The number of carbonyl (C=O) groups excluding carboxylic acids is 2. The molecule has 110 valence electrons. The second kappa shape index (κ2) is 7.45. The average molecular weight is 271 g/mol. The Balaban J connectivity index is 2.29. The van der Waals surface area contributed by atoms with E-state index in [1.807, 2.05) is 6.92 Å². The number of amides is 1. The average Bonchev–Trinajstić information content (AvgIpc) is 2.39. The summed E-state index contributed by atoms with van der Waals surface area (Å²) in [5, 5.41) is 3.27. The molecule has 1 rings (SSSR count). The molecule has 1 saturated heterocycles. The van der Waals surface area contributed by atoms with Crippen molar-refractivity contribution in [3.05, 3.63) is 0 Å². The summed E-state index contributed by atoms with van der Waals surface area (Å²) in [6.45, 7) is 4.05. The molecule has 1 heterocycles. The zero-order valence-electron chi connectivity index (χ0n) is 12.3. The van der Waals surface area contributed by atoms with Gasteiger partial charge >= 0.3 is 5.97 Å². The van der Waals surface area contributed by atoms with Crippen molar-refractivity contribution in [2.75, 3.05) is 40.8 Å². The molecule has 6 heteroatoms. The second-order valence-corrected chi connectivity index (χ2v) is 5.25. The van der Waals surface area contributed by atoms with Crippen molar-refractivity contribution in [2.45, 2.75) is 31.8 Å². The van der Waals surface area contributed by atoms with Crippen LogP contribution in [0.2, 0.25) is 0 Å². The maximum Gasteiger partial charge on any atom is 0.322 e. The van der Waals surface area contributed by atoms with Crippen LogP contribution in [0.1, 0.15) is 19.8 Å². The third-order valence-corrected chi connectivity index (χ3v) is 3.49. The van der Waals surface area contributed by atoms with Crippen LogP contribution in [0.4, 0.5) is 0 Å². The number of methoxy groups -OCH3 is 1. The number of esters is 1. The van der Waals surface area contributed by atoms with Crippen LogP contribution in [0.5, 0.6) is 0 Å². The highest BCUT2D eigenvalue weighted by Gasteiger charge is 2.24. The minimum Gasteiger partial charge on any atom is -0.468 e. The molecule has 1 fully saturated rings. The minimum absolute atomic E-state index is 0.134. The highest BCUT2D eigenvalue weighted by atomic mass is 16.5. The lowest BCUT2D eigenvalue weighted by Gasteiger charge is -2.33. The van der Waals surface area contributed by atoms with E-state index < -0.39 is 0 Å². The normalized spacial score (nSPS) is 18.9. The number of carbonyl (C=O) groups is 2. The lowest BCUT2D eigenvalue weighted by molar-refractivity contribution is -0.142. The molecule has 0 aromatic carbocycles. The van der Waals surface area contributed by atoms with Crippen LogP contribution < -0.4 is 5.32 Å². The third kappa shape index (κ3) is 5.16. The monoisotopic (exact) mass is 271 g/mol. The van der Waals surface area contributed by atoms with Crippen molar-refractivity contribution < 1.29 is 14.3 Å². The summed E-state index contributed by atoms with van der Waals surface area (Å²) in [5.74, 6) is -0.0976. The molecule has 1 N–H and O–H groups in total. The molecule has 0 spiro atoms. The summed E-state index contributed by atoms with van der Waals surface area (Å²) < 4.78 is 4.69. The lowest BCUT2D eigenvalue weighted by atomic mass is 10.0. The summed E-state index contributed by atoms with van der Waals surface area (Å²) >= 11 is 0. The van der Waals surface area contributed by atoms with E-state index in [9.17, 15) is 9.59 Å². The number of ether oxygens (including phenoxy) is 1. The largest absolute Gasteiger partial charge is 0.468 e. The zero-order valence-corrected chi connectivity index (χ0v) is 12.3. The maximum atomic E-state index is 11.6. The van der Waals surface area contributed by atoms with E-state index in [2.05, 4.69) is 10.2 Å². The predicted octanol–water partition coefficient (Wildman–Crippen LogP) is -0.310. The number of hydrogen-bond acceptors (Lipinski definition) is 5. The number of nitrogens with one attached hydrogen (secondary N) is 1. The Labute approximate surface area is 115 Å². The summed E-state index contributed by atoms with van der Waals surface area (Å²) in [6, 6.07) is 0.0461. The van der Waals surface area contributed by atoms with Gasteiger partial charge < -0.3 is 15.0 Å². The summed E-state index contributed by atoms with van der Waals surface area (Å²) in [7, 11) is 4.94. The fourth-order valence-corrected chi connectivity index (χ4v) is 2.19. The van der Waals surface area contributed by atoms with Crippen LogP contribution in [0, 0.1) is 0 Å². The smallest absolute Gasteiger partial charge is 0.322 e. The Morgan fingerprint density at radius 1 is 1.37 bits per heavy atom. The van der Waals surface area contributed by atoms with Gasteiger partial charge in [0.25, 0.3) is 0 Å². The van der Waals surface area contributed by atoms with Gasteiger partial charge in [0.2, 0.25) is 5.91 Å². The van der Waals surface area contributed by atoms with Gasteiger partial charge in [0, 0.05) is 33.2 Å². The topological polar surface area (TPSA) is 61.9 Å². The third-order valence-electron chi connectivity index (χ3n) is 3.49. The molecule has 1 amide bonds. The zero-order chi connectivity index (χ0) is 14.4. The van der Waals surface area contributed by atoms with E-state index in [0.29, 0.717) is 12.6 Å². The van der Waals surface area contributed by atoms with E-state index in [1.54, 1.807) is 19.0 Å². The number of likely N-dealkylation sites (tertiary alicyclic amines) is 1. The van der Waals surface area contributed by atoms with Gasteiger partial charge in [-0.25, -0.2) is 0 Å². The fraction of sp³-hybridized carbons (Fsp3) is 0.846. The van der Waals surface area contributed by atoms with E-state index in [4.69, 9.17) is 4.74 Å². The first kappa shape index (κ1) is 15.9. The Kier molecular flexibility index (Phi) is 6.24. The van der Waals surface area contributed by atoms with Gasteiger partial charge in [-0.1, -0.05) is 0 Å². The molecule has 0 radical (unpaired) electrons. The molecule has 0 aromatic heterocycles. The highest BCUT2D eigenvalue weighted by Crippen LogP contribution is 2.11. The number of piperidine rings is 1. The van der Waals surface area contributed by atoms with Crippen molar-refractivity contribution in [1.29, 1.82) is 0 Å². The number of rotatable bonds is 5. The maximum absolute atomic E-state index is 11.6. The van der Waals surface area contributed by atoms with Gasteiger partial charge in [-0.2, -0.15) is 0 Å². The minimum atomic E-state index is -0.273. The van der Waals surface area contributed by atoms with Crippen LogP contribution >= 0.6 is 0 Å². The molecule has 1 aliphatic rings. The van der Waals surface area contributed by atoms with E-state index >= 15 is 0 Å². The van der Waals surface area contributed by atoms with Crippen molar-refractivity contribution >= 4 is 11.9 Å². The quantitative estimate of drug-likeness (QED) is 0.695. The predicted molar refractivity (Wildman–Crippen MR) is 72.8 cm³/mol. The molecule has 19 heavy (non-hydrogen) atoms. The van der Waals surface area contributed by atoms with E-state index in [1.165, 1.54) is 7.11 Å². The van der Waals surface area contributed by atoms with Crippen LogP contribution in [0.15, 0.2) is 0 Å². The van der Waals surface area contributed by atoms with Crippen molar-refractivity contribution in [3.8, 4) is 0 Å². The standard InChI is InChI=1S/C13H25N3O3/c1-10(13(18)19-4)14-11-5-7-16(8-6-11)9-12(17)15(2)3/h10-11,14H,5-9H2,1-4H3/t10-/m0/s1. The molecule has 0 aliphatic carbocycles. The SMILES string of the molecule is COC(=O)[C@H](C)NC1CCN(CC(=O)N(C)C)CC1. The summed E-state index contributed by atoms with van der Waals surface area (Å²) in [4.78, 5) is 26.7. The Bertz CT molecular complexity index is 312. The Morgan fingerprint density at radius 3 is 2.42 bits per heavy atom. The number of nitrogens with zero attached hydrogens (tertiary/aromatic N) is 2. The van der Waals surface area contributed by atoms with Crippen molar-refractivity contribution in [1.82, 2.24) is 15.1 Å². The molecule has 0 bridgehead atoms. The molecular weight excluding hydrogens is 246 g/mol. The fourth-order valence-electron chi connectivity index (χ4n) is 2.19. The molecule has 1 atom stereocenters. The first-order valence-corrected chi connectivity index (χ1v) is 6.70. The molecule has 6 nitrogen and oxygen atoms in total. The molecule has 0 unspecified atom stereocenters. The summed E-state index contributed by atoms with van der Waals surface area (Å²) in [6.07, 6.45) is 1.89. The van der Waals surface area contributed by atoms with Gasteiger partial charge in [-0.3, -0.25) is 14.5 Å². The van der Waals surface area contributed by atoms with Crippen LogP contribution in [0.3, 0.4) is 0 Å². The first-order chi connectivity index (χ1) is 8.93. The van der Waals surface area contributed by atoms with Gasteiger partial charge in [0.1, 0.15) is 6.04 Å². The summed E-state index contributed by atoms with van der Waals surface area (Å²) in [5.41, 5.74) is 0. The highest BCUT2D eigenvalue weighted by molar-refractivity contribution is 5.77. The molecule has 0 saturated carbocycles. The van der Waals surface area contributed by atoms with E-state index in [0.717, 1.165) is 25.9 Å². The van der Waals surface area contributed by atoms with Crippen LogP contribution in [0.25, 0.3) is 0 Å². The van der Waals surface area contributed by atoms with Gasteiger partial charge in [-0.05, 0) is 19.8 Å². The lowest BCUT2D eigenvalue weighted by Crippen LogP contribution is -2.49. The Hall–Kier alpha value is -1.14. The van der Waals surface area contributed by atoms with Gasteiger partial charge in [-0.15, -0.1) is 0 Å². The van der Waals surface area contributed by atoms with Crippen molar-refractivity contribution in [3.63, 3.8) is 0 Å². The Morgan fingerprint density at radius 2 is 1.95 bits per heavy atom. The second-order valence-electron chi connectivity index (χ2n) is 5.25. The van der Waals surface area contributed by atoms with Crippen LogP contribution in [-0.2, 0) is 14.3 Å². The molecular formula is C13H25N3O3. The number of hydrogen-bond donors (Lipinski definition) is 1. The number of likely N-dealkylation sites (N-methyl/N-ethyl adjacent to an activating group) is 1. The molecule has 1 aliphatic heterocycles. The first-order valence-electron chi connectivity index (χ1n) is 6.70. The van der Waals surface area contributed by atoms with Crippen LogP contribution in [-0.4, -0.2) is 74.6 Å². The molecule has 0 aromatic rings. The van der Waals surface area contributed by atoms with E-state index in [-0.39, 0.29) is 17.9 Å². The van der Waals surface area contributed by atoms with Gasteiger partial charge in [0.05, 0.1) is 13.7 Å². The van der Waals surface area contributed by atoms with Crippen molar-refractivity contribution in [2.24, 2.45) is 0 Å². The van der Waals surface area contributed by atoms with Gasteiger partial charge in [0.15, 0.2) is 0 Å².